The molecule has 0 saturated heterocycles. The number of hydrogen-bond acceptors (Lipinski definition) is 5. The van der Waals surface area contributed by atoms with Gasteiger partial charge in [0, 0.05) is 12.7 Å². The normalized spacial score (nSPS) is 12.6. The Labute approximate surface area is 131 Å². The molecular formula is C16H26N2O4. The molecule has 1 aromatic heterocycles. The molecule has 2 N–H and O–H groups in total. The first kappa shape index (κ1) is 18.2. The minimum absolute atomic E-state index is 0.0471. The van der Waals surface area contributed by atoms with Crippen LogP contribution in [0.2, 0.25) is 0 Å². The van der Waals surface area contributed by atoms with Crippen molar-refractivity contribution in [3.8, 4) is 5.75 Å². The quantitative estimate of drug-likeness (QED) is 0.755. The Hall–Kier alpha value is -1.82. The molecule has 0 aromatic carbocycles. The molecule has 6 nitrogen and oxygen atoms in total. The molecule has 6 heteroatoms. The van der Waals surface area contributed by atoms with E-state index in [0.29, 0.717) is 18.7 Å². The number of aromatic nitrogens is 1. The molecule has 0 spiro atoms. The monoisotopic (exact) mass is 310 g/mol. The highest BCUT2D eigenvalue weighted by Gasteiger charge is 2.15. The van der Waals surface area contributed by atoms with Crippen LogP contribution >= 0.6 is 0 Å². The van der Waals surface area contributed by atoms with Gasteiger partial charge in [-0.15, -0.1) is 0 Å². The molecule has 0 unspecified atom stereocenters. The third-order valence-corrected chi connectivity index (χ3v) is 2.69. The molecule has 22 heavy (non-hydrogen) atoms. The molecule has 1 atom stereocenters. The molecule has 0 aliphatic carbocycles. The summed E-state index contributed by atoms with van der Waals surface area (Å²) in [4.78, 5) is 15.8. The maximum atomic E-state index is 11.5. The van der Waals surface area contributed by atoms with Gasteiger partial charge >= 0.3 is 6.09 Å². The summed E-state index contributed by atoms with van der Waals surface area (Å²) in [6, 6.07) is 3.62. The van der Waals surface area contributed by atoms with E-state index in [1.807, 2.05) is 26.8 Å². The Balaban J connectivity index is 2.40. The highest BCUT2D eigenvalue weighted by Crippen LogP contribution is 2.18. The lowest BCUT2D eigenvalue weighted by atomic mass is 10.2. The topological polar surface area (TPSA) is 80.7 Å². The van der Waals surface area contributed by atoms with Gasteiger partial charge < -0.3 is 19.9 Å². The summed E-state index contributed by atoms with van der Waals surface area (Å²) in [5.74, 6) is 0.668. The number of nitrogens with one attached hydrogen (secondary N) is 1. The molecule has 1 rings (SSSR count). The van der Waals surface area contributed by atoms with E-state index in [2.05, 4.69) is 10.3 Å². The van der Waals surface area contributed by atoms with Crippen LogP contribution in [-0.4, -0.2) is 41.0 Å². The van der Waals surface area contributed by atoms with Gasteiger partial charge in [-0.2, -0.15) is 0 Å². The second-order valence-electron chi connectivity index (χ2n) is 6.09. The number of rotatable bonds is 7. The summed E-state index contributed by atoms with van der Waals surface area (Å²) >= 11 is 0. The minimum atomic E-state index is -0.494. The summed E-state index contributed by atoms with van der Waals surface area (Å²) in [6.07, 6.45) is 2.40. The van der Waals surface area contributed by atoms with E-state index in [-0.39, 0.29) is 12.7 Å². The van der Waals surface area contributed by atoms with Gasteiger partial charge in [0.05, 0.1) is 12.3 Å². The highest BCUT2D eigenvalue weighted by atomic mass is 16.6. The maximum absolute atomic E-state index is 11.5. The summed E-state index contributed by atoms with van der Waals surface area (Å²) in [5, 5.41) is 11.8. The molecule has 0 aliphatic rings. The fourth-order valence-electron chi connectivity index (χ4n) is 1.73. The molecule has 0 aliphatic heterocycles. The SMILES string of the molecule is C[C@H](CO)Oc1cccnc1CCCNC(=O)OC(C)(C)C. The van der Waals surface area contributed by atoms with E-state index in [0.717, 1.165) is 12.1 Å². The van der Waals surface area contributed by atoms with Crippen LogP contribution < -0.4 is 10.1 Å². The van der Waals surface area contributed by atoms with E-state index in [9.17, 15) is 4.79 Å². The lowest BCUT2D eigenvalue weighted by Crippen LogP contribution is -2.33. The van der Waals surface area contributed by atoms with Crippen molar-refractivity contribution in [2.75, 3.05) is 13.2 Å². The number of nitrogens with zero attached hydrogens (tertiary/aromatic N) is 1. The first-order valence-corrected chi connectivity index (χ1v) is 7.50. The second kappa shape index (κ2) is 8.58. The molecule has 0 fully saturated rings. The number of aliphatic hydroxyl groups is 1. The number of pyridine rings is 1. The highest BCUT2D eigenvalue weighted by molar-refractivity contribution is 5.67. The summed E-state index contributed by atoms with van der Waals surface area (Å²) < 4.78 is 10.8. The third-order valence-electron chi connectivity index (χ3n) is 2.69. The smallest absolute Gasteiger partial charge is 0.407 e. The van der Waals surface area contributed by atoms with Gasteiger partial charge in [0.1, 0.15) is 17.5 Å². The van der Waals surface area contributed by atoms with E-state index < -0.39 is 11.7 Å². The number of aryl methyl sites for hydroxylation is 1. The van der Waals surface area contributed by atoms with Crippen LogP contribution in [0, 0.1) is 0 Å². The number of ether oxygens (including phenoxy) is 2. The van der Waals surface area contributed by atoms with Crippen molar-refractivity contribution in [3.05, 3.63) is 24.0 Å². The zero-order valence-electron chi connectivity index (χ0n) is 13.8. The van der Waals surface area contributed by atoms with Crippen molar-refractivity contribution in [1.82, 2.24) is 10.3 Å². The van der Waals surface area contributed by atoms with Crippen molar-refractivity contribution in [3.63, 3.8) is 0 Å². The Kier molecular flexibility index (Phi) is 7.11. The molecular weight excluding hydrogens is 284 g/mol. The van der Waals surface area contributed by atoms with Crippen LogP contribution in [0.1, 0.15) is 39.8 Å². The van der Waals surface area contributed by atoms with Gasteiger partial charge in [0.15, 0.2) is 0 Å². The van der Waals surface area contributed by atoms with Crippen molar-refractivity contribution < 1.29 is 19.4 Å². The minimum Gasteiger partial charge on any atom is -0.486 e. The van der Waals surface area contributed by atoms with Crippen molar-refractivity contribution in [2.24, 2.45) is 0 Å². The van der Waals surface area contributed by atoms with Crippen molar-refractivity contribution >= 4 is 6.09 Å². The van der Waals surface area contributed by atoms with Gasteiger partial charge in [0.2, 0.25) is 0 Å². The Morgan fingerprint density at radius 3 is 2.82 bits per heavy atom. The maximum Gasteiger partial charge on any atom is 0.407 e. The van der Waals surface area contributed by atoms with Crippen LogP contribution in [0.25, 0.3) is 0 Å². The lowest BCUT2D eigenvalue weighted by molar-refractivity contribution is 0.0527. The standard InChI is InChI=1S/C16H26N2O4/c1-12(11-19)21-14-8-6-9-17-13(14)7-5-10-18-15(20)22-16(2,3)4/h6,8-9,12,19H,5,7,10-11H2,1-4H3,(H,18,20)/t12-/m1/s1. The number of carbonyl (C=O) groups is 1. The average Bonchev–Trinajstić information content (AvgIpc) is 2.43. The fourth-order valence-corrected chi connectivity index (χ4v) is 1.73. The summed E-state index contributed by atoms with van der Waals surface area (Å²) in [6.45, 7) is 7.72. The molecule has 1 aromatic rings. The average molecular weight is 310 g/mol. The zero-order valence-corrected chi connectivity index (χ0v) is 13.8. The summed E-state index contributed by atoms with van der Waals surface area (Å²) in [7, 11) is 0. The number of aliphatic hydroxyl groups excluding tert-OH is 1. The van der Waals surface area contributed by atoms with Gasteiger partial charge in [-0.1, -0.05) is 0 Å². The van der Waals surface area contributed by atoms with Crippen LogP contribution in [0.5, 0.6) is 5.75 Å². The first-order chi connectivity index (χ1) is 10.3. The van der Waals surface area contributed by atoms with Crippen molar-refractivity contribution in [1.29, 1.82) is 0 Å². The second-order valence-corrected chi connectivity index (χ2v) is 6.09. The van der Waals surface area contributed by atoms with Gasteiger partial charge in [-0.05, 0) is 52.7 Å². The van der Waals surface area contributed by atoms with E-state index in [4.69, 9.17) is 14.6 Å². The Morgan fingerprint density at radius 2 is 2.18 bits per heavy atom. The molecule has 0 saturated carbocycles. The first-order valence-electron chi connectivity index (χ1n) is 7.50. The Morgan fingerprint density at radius 1 is 1.45 bits per heavy atom. The zero-order chi connectivity index (χ0) is 16.6. The number of amides is 1. The largest absolute Gasteiger partial charge is 0.486 e. The van der Waals surface area contributed by atoms with Crippen LogP contribution in [-0.2, 0) is 11.2 Å². The molecule has 124 valence electrons. The van der Waals surface area contributed by atoms with Gasteiger partial charge in [-0.25, -0.2) is 4.79 Å². The Bertz CT molecular complexity index is 471. The number of alkyl carbamates (subject to hydrolysis) is 1. The van der Waals surface area contributed by atoms with Gasteiger partial charge in [0.25, 0.3) is 0 Å². The predicted octanol–water partition coefficient (Wildman–Crippen LogP) is 2.30. The number of carbonyl (C=O) groups excluding carboxylic acids is 1. The van der Waals surface area contributed by atoms with Crippen LogP contribution in [0.4, 0.5) is 4.79 Å². The molecule has 0 radical (unpaired) electrons. The van der Waals surface area contributed by atoms with E-state index in [1.165, 1.54) is 0 Å². The summed E-state index contributed by atoms with van der Waals surface area (Å²) in [5.41, 5.74) is 0.320. The van der Waals surface area contributed by atoms with Crippen LogP contribution in [0.15, 0.2) is 18.3 Å². The molecule has 1 amide bonds. The number of hydrogen-bond donors (Lipinski definition) is 2. The molecule has 1 heterocycles. The lowest BCUT2D eigenvalue weighted by Gasteiger charge is -2.19. The molecule has 0 bridgehead atoms. The van der Waals surface area contributed by atoms with Crippen molar-refractivity contribution in [2.45, 2.75) is 52.2 Å². The van der Waals surface area contributed by atoms with Gasteiger partial charge in [-0.3, -0.25) is 4.98 Å². The van der Waals surface area contributed by atoms with Crippen LogP contribution in [0.3, 0.4) is 0 Å². The third kappa shape index (κ3) is 7.26. The van der Waals surface area contributed by atoms with E-state index in [1.54, 1.807) is 19.2 Å². The predicted molar refractivity (Wildman–Crippen MR) is 84.0 cm³/mol. The van der Waals surface area contributed by atoms with E-state index >= 15 is 0 Å². The fraction of sp³-hybridized carbons (Fsp3) is 0.625.